The molecular weight excluding hydrogens is 286 g/mol. The number of carbonyl (C=O) groups is 2. The first kappa shape index (κ1) is 17.5. The quantitative estimate of drug-likeness (QED) is 0.839. The van der Waals surface area contributed by atoms with E-state index in [1.54, 1.807) is 44.1 Å². The van der Waals surface area contributed by atoms with E-state index in [1.165, 1.54) is 4.90 Å². The molecule has 0 fully saturated rings. The molecule has 21 heavy (non-hydrogen) atoms. The highest BCUT2D eigenvalue weighted by atomic mass is 32.2. The van der Waals surface area contributed by atoms with Crippen molar-refractivity contribution >= 4 is 29.3 Å². The Morgan fingerprint density at radius 3 is 2.57 bits per heavy atom. The first-order chi connectivity index (χ1) is 9.86. The molecule has 0 aliphatic heterocycles. The van der Waals surface area contributed by atoms with E-state index in [-0.39, 0.29) is 11.8 Å². The number of carbonyl (C=O) groups excluding carboxylic acids is 2. The molecule has 0 spiro atoms. The van der Waals surface area contributed by atoms with E-state index in [9.17, 15) is 9.59 Å². The average molecular weight is 309 g/mol. The summed E-state index contributed by atoms with van der Waals surface area (Å²) in [7, 11) is 3.42. The number of anilines is 1. The van der Waals surface area contributed by atoms with Gasteiger partial charge in [0, 0.05) is 25.3 Å². The summed E-state index contributed by atoms with van der Waals surface area (Å²) in [5.41, 5.74) is 7.93. The summed E-state index contributed by atoms with van der Waals surface area (Å²) < 4.78 is 0. The summed E-state index contributed by atoms with van der Waals surface area (Å²) in [5.74, 6) is 0.598. The fraction of sp³-hybridized carbons (Fsp3) is 0.467. The molecule has 0 heterocycles. The lowest BCUT2D eigenvalue weighted by Gasteiger charge is -2.15. The van der Waals surface area contributed by atoms with Gasteiger partial charge in [0.2, 0.25) is 5.91 Å². The van der Waals surface area contributed by atoms with Crippen LogP contribution in [0.15, 0.2) is 18.2 Å². The fourth-order valence-corrected chi connectivity index (χ4v) is 2.32. The van der Waals surface area contributed by atoms with Crippen LogP contribution in [0.25, 0.3) is 0 Å². The van der Waals surface area contributed by atoms with Crippen LogP contribution in [-0.2, 0) is 4.79 Å². The Morgan fingerprint density at radius 2 is 2.05 bits per heavy atom. The molecule has 0 unspecified atom stereocenters. The number of aryl methyl sites for hydroxylation is 1. The van der Waals surface area contributed by atoms with Crippen LogP contribution in [0.5, 0.6) is 0 Å². The number of thioether (sulfide) groups is 1. The van der Waals surface area contributed by atoms with Crippen molar-refractivity contribution in [3.63, 3.8) is 0 Å². The minimum atomic E-state index is -0.513. The van der Waals surface area contributed by atoms with E-state index in [2.05, 4.69) is 5.32 Å². The van der Waals surface area contributed by atoms with Crippen molar-refractivity contribution in [3.8, 4) is 0 Å². The van der Waals surface area contributed by atoms with Crippen LogP contribution in [0.3, 0.4) is 0 Å². The highest BCUT2D eigenvalue weighted by molar-refractivity contribution is 7.98. The van der Waals surface area contributed by atoms with E-state index in [0.29, 0.717) is 17.7 Å². The van der Waals surface area contributed by atoms with Gasteiger partial charge in [0.05, 0.1) is 6.04 Å². The molecule has 1 rings (SSSR count). The molecule has 1 aromatic rings. The lowest BCUT2D eigenvalue weighted by atomic mass is 10.1. The van der Waals surface area contributed by atoms with Gasteiger partial charge in [-0.15, -0.1) is 0 Å². The normalized spacial score (nSPS) is 11.9. The number of benzene rings is 1. The monoisotopic (exact) mass is 309 g/mol. The fourth-order valence-electron chi connectivity index (χ4n) is 1.83. The Hall–Kier alpha value is -1.53. The van der Waals surface area contributed by atoms with Crippen LogP contribution in [0, 0.1) is 6.92 Å². The highest BCUT2D eigenvalue weighted by Crippen LogP contribution is 2.17. The Kier molecular flexibility index (Phi) is 6.71. The number of hydrogen-bond acceptors (Lipinski definition) is 4. The molecule has 0 aliphatic carbocycles. The summed E-state index contributed by atoms with van der Waals surface area (Å²) in [6.07, 6.45) is 2.62. The Labute approximate surface area is 130 Å². The third kappa shape index (κ3) is 5.06. The molecule has 3 N–H and O–H groups in total. The van der Waals surface area contributed by atoms with E-state index in [0.717, 1.165) is 11.3 Å². The smallest absolute Gasteiger partial charge is 0.253 e. The van der Waals surface area contributed by atoms with Gasteiger partial charge in [0.15, 0.2) is 0 Å². The summed E-state index contributed by atoms with van der Waals surface area (Å²) in [5, 5.41) is 2.79. The minimum Gasteiger partial charge on any atom is -0.345 e. The second kappa shape index (κ2) is 8.05. The van der Waals surface area contributed by atoms with Crippen LogP contribution in [0.1, 0.15) is 22.3 Å². The zero-order chi connectivity index (χ0) is 16.0. The maximum absolute atomic E-state index is 11.9. The second-order valence-electron chi connectivity index (χ2n) is 5.11. The molecule has 0 saturated heterocycles. The predicted octanol–water partition coefficient (Wildman–Crippen LogP) is 1.72. The van der Waals surface area contributed by atoms with Gasteiger partial charge in [-0.05, 0) is 49.1 Å². The lowest BCUT2D eigenvalue weighted by Crippen LogP contribution is -2.36. The predicted molar refractivity (Wildman–Crippen MR) is 88.8 cm³/mol. The van der Waals surface area contributed by atoms with Gasteiger partial charge < -0.3 is 16.0 Å². The Balaban J connectivity index is 2.76. The number of nitrogens with two attached hydrogens (primary N) is 1. The number of nitrogens with zero attached hydrogens (tertiary/aromatic N) is 1. The zero-order valence-electron chi connectivity index (χ0n) is 13.0. The molecule has 0 aromatic heterocycles. The summed E-state index contributed by atoms with van der Waals surface area (Å²) >= 11 is 1.66. The highest BCUT2D eigenvalue weighted by Gasteiger charge is 2.15. The number of hydrogen-bond donors (Lipinski definition) is 2. The van der Waals surface area contributed by atoms with Crippen LogP contribution in [-0.4, -0.2) is 48.9 Å². The van der Waals surface area contributed by atoms with Crippen molar-refractivity contribution in [1.82, 2.24) is 4.90 Å². The average Bonchev–Trinajstić information content (AvgIpc) is 2.44. The number of rotatable bonds is 6. The van der Waals surface area contributed by atoms with Crippen molar-refractivity contribution in [2.45, 2.75) is 19.4 Å². The lowest BCUT2D eigenvalue weighted by molar-refractivity contribution is -0.117. The van der Waals surface area contributed by atoms with E-state index >= 15 is 0 Å². The molecule has 6 heteroatoms. The summed E-state index contributed by atoms with van der Waals surface area (Å²) in [4.78, 5) is 25.4. The van der Waals surface area contributed by atoms with Crippen molar-refractivity contribution < 1.29 is 9.59 Å². The number of nitrogens with one attached hydrogen (secondary N) is 1. The minimum absolute atomic E-state index is 0.0537. The van der Waals surface area contributed by atoms with Gasteiger partial charge in [0.1, 0.15) is 0 Å². The molecule has 0 bridgehead atoms. The molecule has 0 aliphatic rings. The third-order valence-corrected chi connectivity index (χ3v) is 3.74. The first-order valence-electron chi connectivity index (χ1n) is 6.74. The SMILES string of the molecule is CSCC[C@H](N)C(=O)Nc1ccc(C(=O)N(C)C)c(C)c1. The van der Waals surface area contributed by atoms with Crippen LogP contribution in [0.4, 0.5) is 5.69 Å². The van der Waals surface area contributed by atoms with Crippen molar-refractivity contribution in [2.75, 3.05) is 31.4 Å². The van der Waals surface area contributed by atoms with Crippen LogP contribution < -0.4 is 11.1 Å². The second-order valence-corrected chi connectivity index (χ2v) is 6.09. The topological polar surface area (TPSA) is 75.4 Å². The maximum atomic E-state index is 11.9. The molecule has 5 nitrogen and oxygen atoms in total. The number of amides is 2. The Bertz CT molecular complexity index is 518. The third-order valence-electron chi connectivity index (χ3n) is 3.10. The molecule has 1 aromatic carbocycles. The van der Waals surface area contributed by atoms with Gasteiger partial charge in [-0.25, -0.2) is 0 Å². The van der Waals surface area contributed by atoms with Gasteiger partial charge in [-0.2, -0.15) is 11.8 Å². The van der Waals surface area contributed by atoms with Crippen LogP contribution in [0.2, 0.25) is 0 Å². The molecule has 116 valence electrons. The molecular formula is C15H23N3O2S. The Morgan fingerprint density at radius 1 is 1.38 bits per heavy atom. The molecule has 0 saturated carbocycles. The van der Waals surface area contributed by atoms with E-state index in [1.807, 2.05) is 13.2 Å². The maximum Gasteiger partial charge on any atom is 0.253 e. The van der Waals surface area contributed by atoms with Crippen molar-refractivity contribution in [3.05, 3.63) is 29.3 Å². The van der Waals surface area contributed by atoms with Crippen molar-refractivity contribution in [2.24, 2.45) is 5.73 Å². The van der Waals surface area contributed by atoms with Gasteiger partial charge in [-0.1, -0.05) is 0 Å². The van der Waals surface area contributed by atoms with Gasteiger partial charge in [0.25, 0.3) is 5.91 Å². The standard InChI is InChI=1S/C15H23N3O2S/c1-10-9-11(5-6-12(10)15(20)18(2)3)17-14(19)13(16)7-8-21-4/h5-6,9,13H,7-8,16H2,1-4H3,(H,17,19)/t13-/m0/s1. The zero-order valence-corrected chi connectivity index (χ0v) is 13.8. The molecule has 0 radical (unpaired) electrons. The van der Waals surface area contributed by atoms with E-state index in [4.69, 9.17) is 5.73 Å². The van der Waals surface area contributed by atoms with Gasteiger partial charge in [-0.3, -0.25) is 9.59 Å². The summed E-state index contributed by atoms with van der Waals surface area (Å²) in [6.45, 7) is 1.85. The van der Waals surface area contributed by atoms with Crippen molar-refractivity contribution in [1.29, 1.82) is 0 Å². The van der Waals surface area contributed by atoms with Crippen LogP contribution >= 0.6 is 11.8 Å². The molecule has 2 amide bonds. The molecule has 1 atom stereocenters. The largest absolute Gasteiger partial charge is 0.345 e. The first-order valence-corrected chi connectivity index (χ1v) is 8.14. The summed E-state index contributed by atoms with van der Waals surface area (Å²) in [6, 6.07) is 4.72. The van der Waals surface area contributed by atoms with Gasteiger partial charge >= 0.3 is 0 Å². The van der Waals surface area contributed by atoms with E-state index < -0.39 is 6.04 Å².